The van der Waals surface area contributed by atoms with Crippen LogP contribution < -0.4 is 4.72 Å². The fourth-order valence-electron chi connectivity index (χ4n) is 2.80. The Hall–Kier alpha value is -2.51. The second-order valence-corrected chi connectivity index (χ2v) is 8.51. The van der Waals surface area contributed by atoms with Crippen molar-refractivity contribution >= 4 is 21.8 Å². The van der Waals surface area contributed by atoms with E-state index in [0.29, 0.717) is 12.0 Å². The number of Topliss-reactive ketones (excluding diaryl/α,β-unsaturated/α-hetero) is 1. The summed E-state index contributed by atoms with van der Waals surface area (Å²) in [7, 11) is -3.69. The summed E-state index contributed by atoms with van der Waals surface area (Å²) in [6.45, 7) is 5.37. The molecule has 6 nitrogen and oxygen atoms in total. The summed E-state index contributed by atoms with van der Waals surface area (Å²) in [5, 5.41) is 0. The van der Waals surface area contributed by atoms with Crippen LogP contribution in [0.5, 0.6) is 0 Å². The van der Waals surface area contributed by atoms with Crippen LogP contribution in [0.15, 0.2) is 47.4 Å². The molecule has 7 heteroatoms. The SMILES string of the molecule is CCc1ccc(CC)c(C(=O)COC(=O)CCNS(=O)(=O)c2ccc(C)cc2)c1. The number of rotatable bonds is 10. The van der Waals surface area contributed by atoms with E-state index >= 15 is 0 Å². The molecule has 2 rings (SSSR count). The van der Waals surface area contributed by atoms with Gasteiger partial charge in [-0.15, -0.1) is 0 Å². The van der Waals surface area contributed by atoms with Gasteiger partial charge in [0, 0.05) is 12.1 Å². The number of benzene rings is 2. The van der Waals surface area contributed by atoms with E-state index in [2.05, 4.69) is 4.72 Å². The lowest BCUT2D eigenvalue weighted by Gasteiger charge is -2.10. The largest absolute Gasteiger partial charge is 0.457 e. The van der Waals surface area contributed by atoms with Crippen molar-refractivity contribution in [2.45, 2.75) is 44.9 Å². The molecule has 156 valence electrons. The third kappa shape index (κ3) is 6.51. The van der Waals surface area contributed by atoms with Gasteiger partial charge >= 0.3 is 5.97 Å². The van der Waals surface area contributed by atoms with Crippen LogP contribution in [-0.2, 0) is 32.4 Å². The van der Waals surface area contributed by atoms with Gasteiger partial charge in [-0.3, -0.25) is 9.59 Å². The fourth-order valence-corrected chi connectivity index (χ4v) is 3.83. The third-order valence-corrected chi connectivity index (χ3v) is 6.06. The number of hydrogen-bond acceptors (Lipinski definition) is 5. The minimum absolute atomic E-state index is 0.102. The van der Waals surface area contributed by atoms with Crippen molar-refractivity contribution in [1.29, 1.82) is 0 Å². The first kappa shape index (κ1) is 22.8. The molecular formula is C22H27NO5S. The number of carbonyl (C=O) groups excluding carboxylic acids is 2. The van der Waals surface area contributed by atoms with Gasteiger partial charge in [0.15, 0.2) is 6.61 Å². The molecule has 0 aromatic heterocycles. The fraction of sp³-hybridized carbons (Fsp3) is 0.364. The van der Waals surface area contributed by atoms with Crippen LogP contribution in [0.25, 0.3) is 0 Å². The van der Waals surface area contributed by atoms with E-state index in [9.17, 15) is 18.0 Å². The van der Waals surface area contributed by atoms with E-state index in [0.717, 1.165) is 23.1 Å². The lowest BCUT2D eigenvalue weighted by molar-refractivity contribution is -0.142. The molecule has 0 atom stereocenters. The molecule has 0 fully saturated rings. The molecule has 0 aliphatic carbocycles. The van der Waals surface area contributed by atoms with Crippen molar-refractivity contribution in [1.82, 2.24) is 4.72 Å². The van der Waals surface area contributed by atoms with Gasteiger partial charge in [0.1, 0.15) is 0 Å². The van der Waals surface area contributed by atoms with Crippen LogP contribution in [0, 0.1) is 6.92 Å². The summed E-state index contributed by atoms with van der Waals surface area (Å²) < 4.78 is 31.8. The number of aryl methyl sites for hydroxylation is 3. The van der Waals surface area contributed by atoms with Crippen LogP contribution in [0.4, 0.5) is 0 Å². The molecule has 0 saturated carbocycles. The molecule has 0 saturated heterocycles. The topological polar surface area (TPSA) is 89.5 Å². The predicted octanol–water partition coefficient (Wildman–Crippen LogP) is 3.21. The maximum atomic E-state index is 12.5. The Morgan fingerprint density at radius 3 is 2.31 bits per heavy atom. The summed E-state index contributed by atoms with van der Waals surface area (Å²) in [5.41, 5.74) is 3.48. The second kappa shape index (κ2) is 10.3. The van der Waals surface area contributed by atoms with Crippen molar-refractivity contribution in [3.05, 3.63) is 64.7 Å². The smallest absolute Gasteiger partial charge is 0.307 e. The Labute approximate surface area is 172 Å². The summed E-state index contributed by atoms with van der Waals surface area (Å²) in [6, 6.07) is 12.2. The Balaban J connectivity index is 1.85. The lowest BCUT2D eigenvalue weighted by atomic mass is 9.98. The molecule has 1 N–H and O–H groups in total. The summed E-state index contributed by atoms with van der Waals surface area (Å²) in [6.07, 6.45) is 1.36. The van der Waals surface area contributed by atoms with E-state index in [1.807, 2.05) is 39.0 Å². The van der Waals surface area contributed by atoms with E-state index in [-0.39, 0.29) is 30.3 Å². The molecular weight excluding hydrogens is 390 g/mol. The van der Waals surface area contributed by atoms with E-state index in [1.54, 1.807) is 12.1 Å². The first-order valence-corrected chi connectivity index (χ1v) is 11.1. The number of hydrogen-bond donors (Lipinski definition) is 1. The number of ether oxygens (including phenoxy) is 1. The van der Waals surface area contributed by atoms with E-state index in [4.69, 9.17) is 4.74 Å². The summed E-state index contributed by atoms with van der Waals surface area (Å²) in [5.74, 6) is -0.889. The van der Waals surface area contributed by atoms with Crippen molar-refractivity contribution in [2.24, 2.45) is 0 Å². The van der Waals surface area contributed by atoms with Crippen LogP contribution in [-0.4, -0.2) is 33.3 Å². The third-order valence-electron chi connectivity index (χ3n) is 4.58. The average molecular weight is 418 g/mol. The van der Waals surface area contributed by atoms with Gasteiger partial charge in [0.05, 0.1) is 11.3 Å². The van der Waals surface area contributed by atoms with Gasteiger partial charge < -0.3 is 4.74 Å². The summed E-state index contributed by atoms with van der Waals surface area (Å²) in [4.78, 5) is 24.5. The number of ketones is 1. The highest BCUT2D eigenvalue weighted by molar-refractivity contribution is 7.89. The zero-order valence-corrected chi connectivity index (χ0v) is 17.8. The first-order chi connectivity index (χ1) is 13.8. The highest BCUT2D eigenvalue weighted by Crippen LogP contribution is 2.15. The van der Waals surface area contributed by atoms with Crippen LogP contribution in [0.3, 0.4) is 0 Å². The number of sulfonamides is 1. The summed E-state index contributed by atoms with van der Waals surface area (Å²) >= 11 is 0. The van der Waals surface area contributed by atoms with Gasteiger partial charge in [0.2, 0.25) is 15.8 Å². The molecule has 0 amide bonds. The molecule has 0 aliphatic heterocycles. The van der Waals surface area contributed by atoms with Gasteiger partial charge in [-0.2, -0.15) is 0 Å². The molecule has 2 aromatic rings. The minimum atomic E-state index is -3.69. The van der Waals surface area contributed by atoms with Gasteiger partial charge in [-0.25, -0.2) is 13.1 Å². The van der Waals surface area contributed by atoms with Crippen molar-refractivity contribution in [3.63, 3.8) is 0 Å². The maximum absolute atomic E-state index is 12.5. The normalized spacial score (nSPS) is 11.3. The van der Waals surface area contributed by atoms with E-state index in [1.165, 1.54) is 12.1 Å². The van der Waals surface area contributed by atoms with Crippen LogP contribution >= 0.6 is 0 Å². The van der Waals surface area contributed by atoms with Crippen LogP contribution in [0.2, 0.25) is 0 Å². The monoisotopic (exact) mass is 417 g/mol. The van der Waals surface area contributed by atoms with Gasteiger partial charge in [-0.05, 0) is 49.1 Å². The Morgan fingerprint density at radius 2 is 1.69 bits per heavy atom. The standard InChI is InChI=1S/C22H27NO5S/c1-4-17-8-9-18(5-2)20(14-17)21(24)15-28-22(25)12-13-23-29(26,27)19-10-6-16(3)7-11-19/h6-11,14,23H,4-5,12-13,15H2,1-3H3. The highest BCUT2D eigenvalue weighted by Gasteiger charge is 2.16. The zero-order valence-electron chi connectivity index (χ0n) is 17.0. The molecule has 29 heavy (non-hydrogen) atoms. The Kier molecular flexibility index (Phi) is 8.10. The van der Waals surface area contributed by atoms with Gasteiger partial charge in [-0.1, -0.05) is 43.7 Å². The maximum Gasteiger partial charge on any atom is 0.307 e. The molecule has 0 bridgehead atoms. The Morgan fingerprint density at radius 1 is 1.00 bits per heavy atom. The van der Waals surface area contributed by atoms with Crippen molar-refractivity contribution in [3.8, 4) is 0 Å². The molecule has 0 unspecified atom stereocenters. The number of nitrogens with one attached hydrogen (secondary N) is 1. The zero-order chi connectivity index (χ0) is 21.4. The molecule has 0 heterocycles. The minimum Gasteiger partial charge on any atom is -0.457 e. The highest BCUT2D eigenvalue weighted by atomic mass is 32.2. The molecule has 0 spiro atoms. The molecule has 2 aromatic carbocycles. The first-order valence-electron chi connectivity index (χ1n) is 9.63. The Bertz CT molecular complexity index is 965. The predicted molar refractivity (Wildman–Crippen MR) is 111 cm³/mol. The van der Waals surface area contributed by atoms with Crippen LogP contribution in [0.1, 0.15) is 47.3 Å². The molecule has 0 aliphatic rings. The average Bonchev–Trinajstić information content (AvgIpc) is 2.71. The quantitative estimate of drug-likeness (QED) is 0.474. The lowest BCUT2D eigenvalue weighted by Crippen LogP contribution is -2.27. The molecule has 0 radical (unpaired) electrons. The van der Waals surface area contributed by atoms with Gasteiger partial charge in [0.25, 0.3) is 0 Å². The second-order valence-electron chi connectivity index (χ2n) is 6.74. The van der Waals surface area contributed by atoms with Crippen molar-refractivity contribution < 1.29 is 22.7 Å². The number of carbonyl (C=O) groups is 2. The van der Waals surface area contributed by atoms with E-state index < -0.39 is 16.0 Å². The van der Waals surface area contributed by atoms with Crippen molar-refractivity contribution in [2.75, 3.05) is 13.2 Å². The number of esters is 1.